The predicted molar refractivity (Wildman–Crippen MR) is 70.3 cm³/mol. The quantitative estimate of drug-likeness (QED) is 0.648. The van der Waals surface area contributed by atoms with Gasteiger partial charge in [-0.1, -0.05) is 12.1 Å². The second-order valence-corrected chi connectivity index (χ2v) is 4.97. The molecule has 1 aromatic carbocycles. The molecule has 1 fully saturated rings. The standard InChI is InChI=1S/C14H14FN3O2/c15-12(9-5-6-17(16)7-9)8-18-13(19)10-3-1-2-4-11(10)14(18)20/h1-4H,5-8,16H2/b12-9+. The van der Waals surface area contributed by atoms with Crippen LogP contribution < -0.4 is 5.84 Å². The van der Waals surface area contributed by atoms with Crippen molar-refractivity contribution < 1.29 is 14.0 Å². The van der Waals surface area contributed by atoms with E-state index in [0.717, 1.165) is 4.90 Å². The molecule has 2 N–H and O–H groups in total. The van der Waals surface area contributed by atoms with Gasteiger partial charge in [-0.3, -0.25) is 20.3 Å². The number of hydrazine groups is 1. The summed E-state index contributed by atoms with van der Waals surface area (Å²) in [5, 5.41) is 1.51. The zero-order chi connectivity index (χ0) is 14.3. The van der Waals surface area contributed by atoms with Crippen molar-refractivity contribution in [1.82, 2.24) is 9.91 Å². The van der Waals surface area contributed by atoms with Gasteiger partial charge in [-0.25, -0.2) is 9.40 Å². The molecule has 0 atom stereocenters. The molecule has 2 heterocycles. The van der Waals surface area contributed by atoms with Crippen LogP contribution >= 0.6 is 0 Å². The molecule has 0 unspecified atom stereocenters. The van der Waals surface area contributed by atoms with Crippen molar-refractivity contribution in [2.75, 3.05) is 19.6 Å². The van der Waals surface area contributed by atoms with E-state index in [1.807, 2.05) is 0 Å². The molecule has 1 saturated heterocycles. The summed E-state index contributed by atoms with van der Waals surface area (Å²) in [4.78, 5) is 25.2. The maximum Gasteiger partial charge on any atom is 0.261 e. The molecule has 3 rings (SSSR count). The van der Waals surface area contributed by atoms with Gasteiger partial charge in [0.2, 0.25) is 0 Å². The average molecular weight is 275 g/mol. The van der Waals surface area contributed by atoms with Crippen LogP contribution in [0.3, 0.4) is 0 Å². The Labute approximate surface area is 115 Å². The number of fused-ring (bicyclic) bond motifs is 1. The third-order valence-corrected chi connectivity index (χ3v) is 3.65. The Morgan fingerprint density at radius 1 is 1.20 bits per heavy atom. The molecule has 1 aromatic rings. The number of halogens is 1. The van der Waals surface area contributed by atoms with E-state index >= 15 is 0 Å². The molecule has 0 radical (unpaired) electrons. The van der Waals surface area contributed by atoms with Gasteiger partial charge in [0.15, 0.2) is 0 Å². The van der Waals surface area contributed by atoms with Crippen molar-refractivity contribution in [3.8, 4) is 0 Å². The highest BCUT2D eigenvalue weighted by molar-refractivity contribution is 6.21. The van der Waals surface area contributed by atoms with Gasteiger partial charge in [-0.15, -0.1) is 0 Å². The number of amides is 2. The lowest BCUT2D eigenvalue weighted by atomic mass is 10.1. The predicted octanol–water partition coefficient (Wildman–Crippen LogP) is 1.09. The topological polar surface area (TPSA) is 66.6 Å². The average Bonchev–Trinajstić information content (AvgIpc) is 2.98. The van der Waals surface area contributed by atoms with Crippen LogP contribution in [-0.4, -0.2) is 41.4 Å². The summed E-state index contributed by atoms with van der Waals surface area (Å²) in [6.45, 7) is 0.620. The van der Waals surface area contributed by atoms with Crippen LogP contribution in [0.2, 0.25) is 0 Å². The lowest BCUT2D eigenvalue weighted by molar-refractivity contribution is 0.0659. The zero-order valence-electron chi connectivity index (χ0n) is 10.8. The Bertz CT molecular complexity index is 592. The van der Waals surface area contributed by atoms with E-state index in [0.29, 0.717) is 36.2 Å². The monoisotopic (exact) mass is 275 g/mol. The second kappa shape index (κ2) is 4.81. The molecule has 104 valence electrons. The minimum atomic E-state index is -0.441. The van der Waals surface area contributed by atoms with Gasteiger partial charge in [-0.2, -0.15) is 0 Å². The van der Waals surface area contributed by atoms with E-state index in [2.05, 4.69) is 0 Å². The van der Waals surface area contributed by atoms with Crippen LogP contribution in [0.1, 0.15) is 27.1 Å². The van der Waals surface area contributed by atoms with Gasteiger partial charge in [0.1, 0.15) is 5.83 Å². The van der Waals surface area contributed by atoms with Crippen LogP contribution in [0, 0.1) is 0 Å². The van der Waals surface area contributed by atoms with E-state index in [9.17, 15) is 14.0 Å². The number of nitrogens with zero attached hydrogens (tertiary/aromatic N) is 2. The third kappa shape index (κ3) is 2.03. The zero-order valence-corrected chi connectivity index (χ0v) is 10.8. The van der Waals surface area contributed by atoms with Crippen molar-refractivity contribution >= 4 is 11.8 Å². The highest BCUT2D eigenvalue weighted by atomic mass is 19.1. The molecular formula is C14H14FN3O2. The van der Waals surface area contributed by atoms with Gasteiger partial charge >= 0.3 is 0 Å². The highest BCUT2D eigenvalue weighted by Gasteiger charge is 2.36. The molecule has 0 aliphatic carbocycles. The van der Waals surface area contributed by atoms with Crippen LogP contribution in [0.4, 0.5) is 4.39 Å². The molecule has 0 saturated carbocycles. The fraction of sp³-hybridized carbons (Fsp3) is 0.286. The Morgan fingerprint density at radius 2 is 1.80 bits per heavy atom. The fourth-order valence-corrected chi connectivity index (χ4v) is 2.54. The van der Waals surface area contributed by atoms with E-state index in [1.54, 1.807) is 24.3 Å². The number of imide groups is 1. The molecule has 0 bridgehead atoms. The molecule has 2 aliphatic rings. The van der Waals surface area contributed by atoms with Gasteiger partial charge in [0.25, 0.3) is 11.8 Å². The number of hydrogen-bond donors (Lipinski definition) is 1. The number of nitrogens with two attached hydrogens (primary N) is 1. The Kier molecular flexibility index (Phi) is 3.11. The largest absolute Gasteiger partial charge is 0.269 e. The van der Waals surface area contributed by atoms with Crippen molar-refractivity contribution in [3.63, 3.8) is 0 Å². The number of carbonyl (C=O) groups excluding carboxylic acids is 2. The maximum absolute atomic E-state index is 14.2. The van der Waals surface area contributed by atoms with Gasteiger partial charge in [-0.05, 0) is 24.1 Å². The number of carbonyl (C=O) groups is 2. The molecule has 5 nitrogen and oxygen atoms in total. The first-order chi connectivity index (χ1) is 9.58. The normalized spacial score (nSPS) is 21.6. The van der Waals surface area contributed by atoms with Gasteiger partial charge in [0.05, 0.1) is 17.7 Å². The van der Waals surface area contributed by atoms with Crippen LogP contribution in [-0.2, 0) is 0 Å². The SMILES string of the molecule is NN1CC/C(=C(\F)CN2C(=O)c3ccccc3C2=O)C1. The molecule has 20 heavy (non-hydrogen) atoms. The molecule has 2 amide bonds. The summed E-state index contributed by atoms with van der Waals surface area (Å²) in [6.07, 6.45) is 0.533. The first-order valence-electron chi connectivity index (χ1n) is 6.39. The maximum atomic E-state index is 14.2. The summed E-state index contributed by atoms with van der Waals surface area (Å²) >= 11 is 0. The molecule has 2 aliphatic heterocycles. The summed E-state index contributed by atoms with van der Waals surface area (Å²) in [5.41, 5.74) is 1.23. The van der Waals surface area contributed by atoms with Crippen LogP contribution in [0.15, 0.2) is 35.7 Å². The van der Waals surface area contributed by atoms with E-state index < -0.39 is 17.6 Å². The second-order valence-electron chi connectivity index (χ2n) is 4.97. The van der Waals surface area contributed by atoms with Gasteiger partial charge in [0, 0.05) is 13.1 Å². The summed E-state index contributed by atoms with van der Waals surface area (Å²) in [6, 6.07) is 6.53. The summed E-state index contributed by atoms with van der Waals surface area (Å²) in [7, 11) is 0. The molecule has 0 aromatic heterocycles. The van der Waals surface area contributed by atoms with E-state index in [4.69, 9.17) is 5.84 Å². The minimum absolute atomic E-state index is 0.310. The first kappa shape index (κ1) is 13.0. The molecule has 0 spiro atoms. The fourth-order valence-electron chi connectivity index (χ4n) is 2.54. The third-order valence-electron chi connectivity index (χ3n) is 3.65. The smallest absolute Gasteiger partial charge is 0.261 e. The van der Waals surface area contributed by atoms with Crippen molar-refractivity contribution in [1.29, 1.82) is 0 Å². The minimum Gasteiger partial charge on any atom is -0.269 e. The lowest BCUT2D eigenvalue weighted by Gasteiger charge is -2.13. The van der Waals surface area contributed by atoms with Crippen molar-refractivity contribution in [2.45, 2.75) is 6.42 Å². The lowest BCUT2D eigenvalue weighted by Crippen LogP contribution is -2.31. The Morgan fingerprint density at radius 3 is 2.30 bits per heavy atom. The van der Waals surface area contributed by atoms with Gasteiger partial charge < -0.3 is 0 Å². The number of benzene rings is 1. The van der Waals surface area contributed by atoms with Crippen molar-refractivity contribution in [3.05, 3.63) is 46.8 Å². The van der Waals surface area contributed by atoms with Crippen LogP contribution in [0.5, 0.6) is 0 Å². The number of rotatable bonds is 2. The van der Waals surface area contributed by atoms with E-state index in [-0.39, 0.29) is 6.54 Å². The number of hydrogen-bond acceptors (Lipinski definition) is 4. The van der Waals surface area contributed by atoms with Crippen molar-refractivity contribution in [2.24, 2.45) is 5.84 Å². The Hall–Kier alpha value is -2.05. The van der Waals surface area contributed by atoms with E-state index in [1.165, 1.54) is 5.01 Å². The van der Waals surface area contributed by atoms with Crippen LogP contribution in [0.25, 0.3) is 0 Å². The first-order valence-corrected chi connectivity index (χ1v) is 6.39. The highest BCUT2D eigenvalue weighted by Crippen LogP contribution is 2.25. The molecule has 6 heteroatoms. The molecular weight excluding hydrogens is 261 g/mol. The summed E-state index contributed by atoms with van der Waals surface area (Å²) < 4.78 is 14.2. The summed E-state index contributed by atoms with van der Waals surface area (Å²) in [5.74, 6) is 4.26. The Balaban J connectivity index is 1.84.